The van der Waals surface area contributed by atoms with Gasteiger partial charge < -0.3 is 9.80 Å². The van der Waals surface area contributed by atoms with Crippen molar-refractivity contribution >= 4 is 11.8 Å². The van der Waals surface area contributed by atoms with Gasteiger partial charge in [-0.2, -0.15) is 0 Å². The highest BCUT2D eigenvalue weighted by Gasteiger charge is 2.30. The lowest BCUT2D eigenvalue weighted by Crippen LogP contribution is -2.53. The number of likely N-dealkylation sites (tertiary alicyclic amines) is 1. The molecule has 0 aliphatic carbocycles. The molecule has 2 aromatic rings. The van der Waals surface area contributed by atoms with Crippen LogP contribution >= 0.6 is 0 Å². The number of benzene rings is 2. The molecule has 4 rings (SSSR count). The molecule has 6 nitrogen and oxygen atoms in total. The summed E-state index contributed by atoms with van der Waals surface area (Å²) in [6.45, 7) is 7.11. The standard InChI is InChI=1S/C27H36N4O2/c1-22(32)28(2)25-13-15-29(16-14-25)21-26(33)30-17-19-31(20-18-30)27(23-9-5-3-6-10-23)24-11-7-4-8-12-24/h3-12,25,27H,13-21H2,1-2H3. The molecule has 6 heteroatoms. The topological polar surface area (TPSA) is 47.1 Å². The molecule has 0 spiro atoms. The summed E-state index contributed by atoms with van der Waals surface area (Å²) >= 11 is 0. The van der Waals surface area contributed by atoms with Crippen LogP contribution in [0.3, 0.4) is 0 Å². The van der Waals surface area contributed by atoms with Gasteiger partial charge in [0, 0.05) is 59.3 Å². The van der Waals surface area contributed by atoms with Gasteiger partial charge in [0.1, 0.15) is 0 Å². The molecular weight excluding hydrogens is 412 g/mol. The van der Waals surface area contributed by atoms with Crippen molar-refractivity contribution in [2.75, 3.05) is 52.9 Å². The molecule has 2 saturated heterocycles. The van der Waals surface area contributed by atoms with Crippen molar-refractivity contribution in [1.29, 1.82) is 0 Å². The van der Waals surface area contributed by atoms with E-state index in [1.54, 1.807) is 6.92 Å². The van der Waals surface area contributed by atoms with Crippen molar-refractivity contribution in [3.63, 3.8) is 0 Å². The highest BCUT2D eigenvalue weighted by Crippen LogP contribution is 2.29. The summed E-state index contributed by atoms with van der Waals surface area (Å²) in [5.41, 5.74) is 2.59. The van der Waals surface area contributed by atoms with Crippen molar-refractivity contribution in [2.45, 2.75) is 31.8 Å². The van der Waals surface area contributed by atoms with E-state index in [2.05, 4.69) is 70.5 Å². The van der Waals surface area contributed by atoms with Crippen LogP contribution in [0.15, 0.2) is 60.7 Å². The summed E-state index contributed by atoms with van der Waals surface area (Å²) in [5, 5.41) is 0. The fraction of sp³-hybridized carbons (Fsp3) is 0.481. The minimum absolute atomic E-state index is 0.117. The lowest BCUT2D eigenvalue weighted by atomic mass is 9.96. The maximum atomic E-state index is 13.0. The fourth-order valence-electron chi connectivity index (χ4n) is 5.13. The smallest absolute Gasteiger partial charge is 0.236 e. The molecule has 33 heavy (non-hydrogen) atoms. The molecule has 0 atom stereocenters. The van der Waals surface area contributed by atoms with Crippen molar-refractivity contribution < 1.29 is 9.59 Å². The third kappa shape index (κ3) is 5.81. The predicted molar refractivity (Wildman–Crippen MR) is 131 cm³/mol. The average Bonchev–Trinajstić information content (AvgIpc) is 2.86. The van der Waals surface area contributed by atoms with Crippen molar-refractivity contribution in [3.05, 3.63) is 71.8 Å². The van der Waals surface area contributed by atoms with E-state index in [4.69, 9.17) is 0 Å². The molecule has 2 fully saturated rings. The number of hydrogen-bond acceptors (Lipinski definition) is 4. The first-order valence-electron chi connectivity index (χ1n) is 12.1. The minimum Gasteiger partial charge on any atom is -0.343 e. The van der Waals surface area contributed by atoms with Gasteiger partial charge in [-0.05, 0) is 24.0 Å². The molecule has 0 saturated carbocycles. The Hall–Kier alpha value is -2.70. The van der Waals surface area contributed by atoms with E-state index in [1.165, 1.54) is 11.1 Å². The zero-order valence-electron chi connectivity index (χ0n) is 19.9. The van der Waals surface area contributed by atoms with Gasteiger partial charge in [0.05, 0.1) is 12.6 Å². The first kappa shape index (κ1) is 23.5. The summed E-state index contributed by atoms with van der Waals surface area (Å²) in [7, 11) is 1.88. The third-order valence-corrected chi connectivity index (χ3v) is 7.22. The van der Waals surface area contributed by atoms with E-state index >= 15 is 0 Å². The van der Waals surface area contributed by atoms with E-state index in [0.29, 0.717) is 12.6 Å². The largest absolute Gasteiger partial charge is 0.343 e. The Morgan fingerprint density at radius 1 is 0.848 bits per heavy atom. The van der Waals surface area contributed by atoms with E-state index < -0.39 is 0 Å². The number of carbonyl (C=O) groups is 2. The van der Waals surface area contributed by atoms with E-state index in [9.17, 15) is 9.59 Å². The Labute approximate surface area is 197 Å². The van der Waals surface area contributed by atoms with Gasteiger partial charge in [-0.25, -0.2) is 0 Å². The fourth-order valence-corrected chi connectivity index (χ4v) is 5.13. The molecule has 2 heterocycles. The highest BCUT2D eigenvalue weighted by molar-refractivity contribution is 5.78. The first-order valence-corrected chi connectivity index (χ1v) is 12.1. The summed E-state index contributed by atoms with van der Waals surface area (Å²) in [5.74, 6) is 0.343. The monoisotopic (exact) mass is 448 g/mol. The van der Waals surface area contributed by atoms with E-state index in [1.807, 2.05) is 16.8 Å². The summed E-state index contributed by atoms with van der Waals surface area (Å²) in [6.07, 6.45) is 1.87. The van der Waals surface area contributed by atoms with Gasteiger partial charge in [-0.15, -0.1) is 0 Å². The lowest BCUT2D eigenvalue weighted by Gasteiger charge is -2.41. The lowest BCUT2D eigenvalue weighted by molar-refractivity contribution is -0.136. The summed E-state index contributed by atoms with van der Waals surface area (Å²) in [4.78, 5) is 33.2. The van der Waals surface area contributed by atoms with Crippen LogP contribution in [0.25, 0.3) is 0 Å². The van der Waals surface area contributed by atoms with Gasteiger partial charge in [0.25, 0.3) is 0 Å². The van der Waals surface area contributed by atoms with Crippen LogP contribution in [0, 0.1) is 0 Å². The molecule has 0 unspecified atom stereocenters. The van der Waals surface area contributed by atoms with Gasteiger partial charge in [-0.3, -0.25) is 19.4 Å². The maximum Gasteiger partial charge on any atom is 0.236 e. The normalized spacial score (nSPS) is 18.5. The van der Waals surface area contributed by atoms with Gasteiger partial charge in [-0.1, -0.05) is 60.7 Å². The van der Waals surface area contributed by atoms with Crippen molar-refractivity contribution in [3.8, 4) is 0 Å². The van der Waals surface area contributed by atoms with Crippen LogP contribution in [0.4, 0.5) is 0 Å². The quantitative estimate of drug-likeness (QED) is 0.682. The summed E-state index contributed by atoms with van der Waals surface area (Å²) < 4.78 is 0. The molecule has 176 valence electrons. The molecule has 2 aromatic carbocycles. The van der Waals surface area contributed by atoms with Crippen LogP contribution in [-0.4, -0.2) is 90.3 Å². The number of rotatable bonds is 6. The second-order valence-corrected chi connectivity index (χ2v) is 9.28. The second kappa shape index (κ2) is 10.9. The van der Waals surface area contributed by atoms with Gasteiger partial charge in [0.2, 0.25) is 11.8 Å². The Kier molecular flexibility index (Phi) is 7.78. The predicted octanol–water partition coefficient (Wildman–Crippen LogP) is 2.86. The number of carbonyl (C=O) groups excluding carboxylic acids is 2. The number of nitrogens with zero attached hydrogens (tertiary/aromatic N) is 4. The van der Waals surface area contributed by atoms with E-state index in [0.717, 1.165) is 52.1 Å². The first-order chi connectivity index (χ1) is 16.0. The molecule has 0 bridgehead atoms. The van der Waals surface area contributed by atoms with Gasteiger partial charge >= 0.3 is 0 Å². The zero-order chi connectivity index (χ0) is 23.2. The Bertz CT molecular complexity index is 865. The highest BCUT2D eigenvalue weighted by atomic mass is 16.2. The number of amides is 2. The molecule has 2 amide bonds. The number of piperazine rings is 1. The molecule has 0 radical (unpaired) electrons. The van der Waals surface area contributed by atoms with Crippen LogP contribution < -0.4 is 0 Å². The average molecular weight is 449 g/mol. The Morgan fingerprint density at radius 3 is 1.85 bits per heavy atom. The molecule has 0 N–H and O–H groups in total. The molecular formula is C27H36N4O2. The van der Waals surface area contributed by atoms with E-state index in [-0.39, 0.29) is 17.9 Å². The van der Waals surface area contributed by atoms with Gasteiger partial charge in [0.15, 0.2) is 0 Å². The SMILES string of the molecule is CC(=O)N(C)C1CCN(CC(=O)N2CCN(C(c3ccccc3)c3ccccc3)CC2)CC1. The Morgan fingerprint density at radius 2 is 1.36 bits per heavy atom. The third-order valence-electron chi connectivity index (χ3n) is 7.22. The van der Waals surface area contributed by atoms with Crippen molar-refractivity contribution in [2.24, 2.45) is 0 Å². The van der Waals surface area contributed by atoms with Crippen LogP contribution in [0.2, 0.25) is 0 Å². The number of hydrogen-bond donors (Lipinski definition) is 0. The van der Waals surface area contributed by atoms with Crippen LogP contribution in [0.1, 0.15) is 36.9 Å². The molecule has 2 aliphatic heterocycles. The molecule has 0 aromatic heterocycles. The maximum absolute atomic E-state index is 13.0. The second-order valence-electron chi connectivity index (χ2n) is 9.28. The zero-order valence-corrected chi connectivity index (χ0v) is 19.9. The Balaban J connectivity index is 1.31. The molecule has 2 aliphatic rings. The number of piperidine rings is 1. The van der Waals surface area contributed by atoms with Crippen LogP contribution in [0.5, 0.6) is 0 Å². The summed E-state index contributed by atoms with van der Waals surface area (Å²) in [6, 6.07) is 21.8. The van der Waals surface area contributed by atoms with Crippen molar-refractivity contribution in [1.82, 2.24) is 19.6 Å². The minimum atomic E-state index is 0.117. The van der Waals surface area contributed by atoms with Crippen LogP contribution in [-0.2, 0) is 9.59 Å².